The number of nitrogens with one attached hydrogen (secondary N) is 1. The second-order valence-electron chi connectivity index (χ2n) is 4.54. The van der Waals surface area contributed by atoms with Crippen LogP contribution in [-0.4, -0.2) is 24.7 Å². The fraction of sp³-hybridized carbons (Fsp3) is 0.400. The van der Waals surface area contributed by atoms with Crippen molar-refractivity contribution in [1.29, 1.82) is 0 Å². The van der Waals surface area contributed by atoms with Crippen molar-refractivity contribution < 1.29 is 4.74 Å². The lowest BCUT2D eigenvalue weighted by atomic mass is 10.2. The highest BCUT2D eigenvalue weighted by molar-refractivity contribution is 5.79. The molecule has 0 spiro atoms. The number of hydrogen-bond donors (Lipinski definition) is 1. The number of rotatable bonds is 6. The van der Waals surface area contributed by atoms with E-state index in [1.54, 1.807) is 6.20 Å². The van der Waals surface area contributed by atoms with Crippen molar-refractivity contribution in [2.45, 2.75) is 25.8 Å². The highest BCUT2D eigenvalue weighted by atomic mass is 16.5. The molecule has 0 aliphatic carbocycles. The predicted molar refractivity (Wildman–Crippen MR) is 75.0 cm³/mol. The average Bonchev–Trinajstić information content (AvgIpc) is 2.43. The molecule has 0 radical (unpaired) electrons. The van der Waals surface area contributed by atoms with Crippen molar-refractivity contribution >= 4 is 10.9 Å². The first-order chi connectivity index (χ1) is 8.79. The molecule has 0 saturated carbocycles. The summed E-state index contributed by atoms with van der Waals surface area (Å²) >= 11 is 0. The third kappa shape index (κ3) is 3.44. The first-order valence-corrected chi connectivity index (χ1v) is 6.44. The van der Waals surface area contributed by atoms with Crippen LogP contribution in [0.3, 0.4) is 0 Å². The van der Waals surface area contributed by atoms with Crippen LogP contribution in [0.2, 0.25) is 0 Å². The van der Waals surface area contributed by atoms with Gasteiger partial charge >= 0.3 is 0 Å². The van der Waals surface area contributed by atoms with Crippen LogP contribution in [0.5, 0.6) is 5.75 Å². The van der Waals surface area contributed by atoms with Crippen molar-refractivity contribution in [3.05, 3.63) is 36.5 Å². The number of aromatic nitrogens is 1. The lowest BCUT2D eigenvalue weighted by Gasteiger charge is -2.10. The Labute approximate surface area is 108 Å². The number of pyridine rings is 1. The van der Waals surface area contributed by atoms with Crippen molar-refractivity contribution in [3.8, 4) is 5.75 Å². The van der Waals surface area contributed by atoms with Gasteiger partial charge in [-0.15, -0.1) is 0 Å². The first-order valence-electron chi connectivity index (χ1n) is 6.44. The summed E-state index contributed by atoms with van der Waals surface area (Å²) < 4.78 is 5.74. The number of ether oxygens (including phenoxy) is 1. The molecule has 0 amide bonds. The highest BCUT2D eigenvalue weighted by Gasteiger charge is 2.00. The lowest BCUT2D eigenvalue weighted by molar-refractivity contribution is 0.300. The predicted octanol–water partition coefficient (Wildman–Crippen LogP) is 3.00. The summed E-state index contributed by atoms with van der Waals surface area (Å²) in [5, 5.41) is 4.37. The van der Waals surface area contributed by atoms with Crippen molar-refractivity contribution in [2.75, 3.05) is 13.7 Å². The Hall–Kier alpha value is -1.61. The van der Waals surface area contributed by atoms with Gasteiger partial charge in [0.2, 0.25) is 0 Å². The lowest BCUT2D eigenvalue weighted by Crippen LogP contribution is -2.21. The molecule has 2 rings (SSSR count). The largest absolute Gasteiger partial charge is 0.494 e. The molecule has 0 fully saturated rings. The average molecular weight is 244 g/mol. The molecule has 1 atom stereocenters. The fourth-order valence-corrected chi connectivity index (χ4v) is 1.86. The quantitative estimate of drug-likeness (QED) is 0.793. The van der Waals surface area contributed by atoms with Gasteiger partial charge in [-0.25, -0.2) is 0 Å². The van der Waals surface area contributed by atoms with E-state index in [0.29, 0.717) is 6.04 Å². The van der Waals surface area contributed by atoms with Gasteiger partial charge in [0, 0.05) is 23.7 Å². The Morgan fingerprint density at radius 3 is 3.06 bits per heavy atom. The summed E-state index contributed by atoms with van der Waals surface area (Å²) in [7, 11) is 1.99. The topological polar surface area (TPSA) is 34.1 Å². The molecule has 1 unspecified atom stereocenters. The van der Waals surface area contributed by atoms with Crippen LogP contribution >= 0.6 is 0 Å². The molecule has 0 bridgehead atoms. The number of nitrogens with zero attached hydrogens (tertiary/aromatic N) is 1. The van der Waals surface area contributed by atoms with Gasteiger partial charge in [0.25, 0.3) is 0 Å². The minimum absolute atomic E-state index is 0.548. The number of fused-ring (bicyclic) bond motifs is 1. The minimum atomic E-state index is 0.548. The summed E-state index contributed by atoms with van der Waals surface area (Å²) in [6.45, 7) is 2.93. The molecule has 2 aromatic rings. The molecule has 1 heterocycles. The fourth-order valence-electron chi connectivity index (χ4n) is 1.86. The maximum Gasteiger partial charge on any atom is 0.121 e. The van der Waals surface area contributed by atoms with Crippen molar-refractivity contribution in [1.82, 2.24) is 10.3 Å². The molecule has 18 heavy (non-hydrogen) atoms. The molecule has 3 heteroatoms. The third-order valence-corrected chi connectivity index (χ3v) is 3.12. The van der Waals surface area contributed by atoms with Crippen molar-refractivity contribution in [2.24, 2.45) is 0 Å². The Bertz CT molecular complexity index is 499. The van der Waals surface area contributed by atoms with Gasteiger partial charge in [0.05, 0.1) is 12.1 Å². The van der Waals surface area contributed by atoms with Crippen LogP contribution in [0.4, 0.5) is 0 Å². The van der Waals surface area contributed by atoms with Crippen LogP contribution in [0.15, 0.2) is 36.5 Å². The molecular weight excluding hydrogens is 224 g/mol. The Morgan fingerprint density at radius 2 is 2.22 bits per heavy atom. The Kier molecular flexibility index (Phi) is 4.53. The second kappa shape index (κ2) is 6.36. The summed E-state index contributed by atoms with van der Waals surface area (Å²) in [4.78, 5) is 4.32. The summed E-state index contributed by atoms with van der Waals surface area (Å²) in [5.74, 6) is 0.901. The van der Waals surface area contributed by atoms with E-state index in [1.165, 1.54) is 0 Å². The van der Waals surface area contributed by atoms with Crippen LogP contribution in [0.25, 0.3) is 10.9 Å². The smallest absolute Gasteiger partial charge is 0.121 e. The van der Waals surface area contributed by atoms with Gasteiger partial charge in [0.15, 0.2) is 0 Å². The van der Waals surface area contributed by atoms with Gasteiger partial charge in [0.1, 0.15) is 5.75 Å². The van der Waals surface area contributed by atoms with Crippen LogP contribution in [0.1, 0.15) is 19.8 Å². The highest BCUT2D eigenvalue weighted by Crippen LogP contribution is 2.18. The zero-order valence-electron chi connectivity index (χ0n) is 11.0. The summed E-state index contributed by atoms with van der Waals surface area (Å²) in [5.41, 5.74) is 0.985. The monoisotopic (exact) mass is 244 g/mol. The maximum absolute atomic E-state index is 5.74. The number of hydrogen-bond acceptors (Lipinski definition) is 3. The van der Waals surface area contributed by atoms with Gasteiger partial charge in [-0.3, -0.25) is 4.98 Å². The van der Waals surface area contributed by atoms with E-state index in [-0.39, 0.29) is 0 Å². The van der Waals surface area contributed by atoms with E-state index in [9.17, 15) is 0 Å². The minimum Gasteiger partial charge on any atom is -0.494 e. The van der Waals surface area contributed by atoms with E-state index in [1.807, 2.05) is 31.3 Å². The summed E-state index contributed by atoms with van der Waals surface area (Å²) in [6, 6.07) is 10.6. The molecule has 1 aromatic heterocycles. The van der Waals surface area contributed by atoms with E-state index < -0.39 is 0 Å². The summed E-state index contributed by atoms with van der Waals surface area (Å²) in [6.07, 6.45) is 3.99. The standard InChI is InChI=1S/C15H20N2O/c1-12(16-2)5-4-10-18-14-8-7-13-6-3-9-17-15(13)11-14/h3,6-9,11-12,16H,4-5,10H2,1-2H3. The van der Waals surface area contributed by atoms with Gasteiger partial charge in [-0.2, -0.15) is 0 Å². The van der Waals surface area contributed by atoms with Gasteiger partial charge in [-0.05, 0) is 45.0 Å². The van der Waals surface area contributed by atoms with E-state index >= 15 is 0 Å². The van der Waals surface area contributed by atoms with E-state index in [2.05, 4.69) is 23.3 Å². The molecule has 3 nitrogen and oxygen atoms in total. The Balaban J connectivity index is 1.88. The molecule has 0 aliphatic heterocycles. The third-order valence-electron chi connectivity index (χ3n) is 3.12. The van der Waals surface area contributed by atoms with Gasteiger partial charge < -0.3 is 10.1 Å². The van der Waals surface area contributed by atoms with Crippen LogP contribution in [-0.2, 0) is 0 Å². The van der Waals surface area contributed by atoms with Crippen LogP contribution < -0.4 is 10.1 Å². The zero-order valence-corrected chi connectivity index (χ0v) is 11.0. The molecule has 0 aliphatic rings. The van der Waals surface area contributed by atoms with E-state index in [0.717, 1.165) is 36.1 Å². The second-order valence-corrected chi connectivity index (χ2v) is 4.54. The first kappa shape index (κ1) is 12.8. The maximum atomic E-state index is 5.74. The van der Waals surface area contributed by atoms with Crippen LogP contribution in [0, 0.1) is 0 Å². The molecule has 0 saturated heterocycles. The van der Waals surface area contributed by atoms with Gasteiger partial charge in [-0.1, -0.05) is 6.07 Å². The van der Waals surface area contributed by atoms with E-state index in [4.69, 9.17) is 4.74 Å². The SMILES string of the molecule is CNC(C)CCCOc1ccc2cccnc2c1. The normalized spacial score (nSPS) is 12.6. The Morgan fingerprint density at radius 1 is 1.33 bits per heavy atom. The molecular formula is C15H20N2O. The number of benzene rings is 1. The molecule has 1 aromatic carbocycles. The van der Waals surface area contributed by atoms with Crippen molar-refractivity contribution in [3.63, 3.8) is 0 Å². The zero-order chi connectivity index (χ0) is 12.8. The molecule has 96 valence electrons. The molecule has 1 N–H and O–H groups in total.